The number of rotatable bonds is 5. The Morgan fingerprint density at radius 1 is 1.04 bits per heavy atom. The number of benzene rings is 2. The highest BCUT2D eigenvalue weighted by Gasteiger charge is 2.12. The summed E-state index contributed by atoms with van der Waals surface area (Å²) < 4.78 is 10.2. The normalized spacial score (nSPS) is 10.6. The van der Waals surface area contributed by atoms with Crippen molar-refractivity contribution in [3.8, 4) is 22.5 Å². The van der Waals surface area contributed by atoms with Crippen molar-refractivity contribution in [2.24, 2.45) is 0 Å². The number of hydrogen-bond acceptors (Lipinski definition) is 5. The number of esters is 1. The topological polar surface area (TPSA) is 78.3 Å². The Hall–Kier alpha value is -3.08. The van der Waals surface area contributed by atoms with Gasteiger partial charge in [-0.05, 0) is 30.5 Å². The number of carbonyl (C=O) groups excluding carboxylic acids is 1. The van der Waals surface area contributed by atoms with Gasteiger partial charge >= 0.3 is 5.97 Å². The minimum Gasteiger partial charge on any atom is -0.466 e. The first-order chi connectivity index (χ1) is 12.1. The summed E-state index contributed by atoms with van der Waals surface area (Å²) in [5.74, 6) is 0.383. The fourth-order valence-electron chi connectivity index (χ4n) is 2.59. The molecule has 0 aliphatic heterocycles. The van der Waals surface area contributed by atoms with Gasteiger partial charge in [-0.2, -0.15) is 0 Å². The Morgan fingerprint density at radius 3 is 2.12 bits per heavy atom. The van der Waals surface area contributed by atoms with E-state index >= 15 is 0 Å². The third kappa shape index (κ3) is 3.71. The average molecular weight is 336 g/mol. The van der Waals surface area contributed by atoms with Gasteiger partial charge in [-0.3, -0.25) is 4.79 Å². The molecule has 2 N–H and O–H groups in total. The minimum atomic E-state index is -0.209. The summed E-state index contributed by atoms with van der Waals surface area (Å²) in [7, 11) is 0. The van der Waals surface area contributed by atoms with Gasteiger partial charge in [0.15, 0.2) is 5.76 Å². The molecule has 0 bridgehead atoms. The van der Waals surface area contributed by atoms with Gasteiger partial charge in [0.05, 0.1) is 13.0 Å². The maximum Gasteiger partial charge on any atom is 0.310 e. The molecule has 1 aromatic heterocycles. The van der Waals surface area contributed by atoms with Gasteiger partial charge in [-0.1, -0.05) is 53.7 Å². The second-order valence-corrected chi connectivity index (χ2v) is 5.77. The Labute approximate surface area is 146 Å². The predicted molar refractivity (Wildman–Crippen MR) is 96.9 cm³/mol. The summed E-state index contributed by atoms with van der Waals surface area (Å²) in [6.45, 7) is 4.02. The third-order valence-electron chi connectivity index (χ3n) is 4.00. The van der Waals surface area contributed by atoms with E-state index in [1.165, 1.54) is 0 Å². The summed E-state index contributed by atoms with van der Waals surface area (Å²) in [5, 5.41) is 3.88. The molecule has 0 aliphatic carbocycles. The van der Waals surface area contributed by atoms with Crippen molar-refractivity contribution < 1.29 is 14.1 Å². The number of ether oxygens (including phenoxy) is 1. The molecule has 0 spiro atoms. The van der Waals surface area contributed by atoms with Crippen molar-refractivity contribution in [3.05, 3.63) is 59.8 Å². The molecule has 3 aromatic rings. The van der Waals surface area contributed by atoms with Crippen LogP contribution >= 0.6 is 0 Å². The van der Waals surface area contributed by atoms with Crippen LogP contribution in [0.1, 0.15) is 18.2 Å². The molecule has 128 valence electrons. The number of anilines is 1. The van der Waals surface area contributed by atoms with Gasteiger partial charge in [0.2, 0.25) is 0 Å². The molecular formula is C20H20N2O3. The molecule has 0 saturated carbocycles. The first-order valence-electron chi connectivity index (χ1n) is 8.15. The number of aromatic nitrogens is 1. The fourth-order valence-corrected chi connectivity index (χ4v) is 2.59. The number of hydrogen-bond donors (Lipinski definition) is 1. The highest BCUT2D eigenvalue weighted by Crippen LogP contribution is 2.30. The lowest BCUT2D eigenvalue weighted by molar-refractivity contribution is -0.142. The molecule has 25 heavy (non-hydrogen) atoms. The Bertz CT molecular complexity index is 865. The van der Waals surface area contributed by atoms with Crippen LogP contribution in [0.15, 0.2) is 53.1 Å². The SMILES string of the molecule is CCOC(=O)Cc1ccc(-c2ccc(-c3onc(C)c3N)cc2)cc1. The smallest absolute Gasteiger partial charge is 0.310 e. The van der Waals surface area contributed by atoms with E-state index in [-0.39, 0.29) is 12.4 Å². The minimum absolute atomic E-state index is 0.209. The summed E-state index contributed by atoms with van der Waals surface area (Å²) in [6.07, 6.45) is 0.289. The molecule has 3 rings (SSSR count). The monoisotopic (exact) mass is 336 g/mol. The van der Waals surface area contributed by atoms with E-state index in [4.69, 9.17) is 15.0 Å². The standard InChI is InChI=1S/C20H20N2O3/c1-3-24-18(23)12-14-4-6-15(7-5-14)16-8-10-17(11-9-16)20-19(21)13(2)22-25-20/h4-11H,3,12,21H2,1-2H3. The molecule has 5 heteroatoms. The summed E-state index contributed by atoms with van der Waals surface area (Å²) in [5.41, 5.74) is 11.2. The largest absolute Gasteiger partial charge is 0.466 e. The van der Waals surface area contributed by atoms with Crippen LogP contribution in [0.25, 0.3) is 22.5 Å². The van der Waals surface area contributed by atoms with Crippen molar-refractivity contribution in [3.63, 3.8) is 0 Å². The highest BCUT2D eigenvalue weighted by molar-refractivity contribution is 5.76. The quantitative estimate of drug-likeness (QED) is 0.712. The maximum absolute atomic E-state index is 11.5. The molecular weight excluding hydrogens is 316 g/mol. The molecule has 0 fully saturated rings. The van der Waals surface area contributed by atoms with E-state index in [0.717, 1.165) is 22.3 Å². The Balaban J connectivity index is 1.76. The van der Waals surface area contributed by atoms with E-state index in [0.29, 0.717) is 23.7 Å². The zero-order chi connectivity index (χ0) is 17.8. The van der Waals surface area contributed by atoms with Crippen LogP contribution in [-0.4, -0.2) is 17.7 Å². The number of nitrogens with two attached hydrogens (primary N) is 1. The molecule has 2 aromatic carbocycles. The van der Waals surface area contributed by atoms with Gasteiger partial charge in [0, 0.05) is 5.56 Å². The van der Waals surface area contributed by atoms with Crippen molar-refractivity contribution in [1.82, 2.24) is 5.16 Å². The summed E-state index contributed by atoms with van der Waals surface area (Å²) in [4.78, 5) is 11.5. The van der Waals surface area contributed by atoms with E-state index in [9.17, 15) is 4.79 Å². The molecule has 0 aliphatic rings. The van der Waals surface area contributed by atoms with Crippen molar-refractivity contribution >= 4 is 11.7 Å². The van der Waals surface area contributed by atoms with E-state index in [1.54, 1.807) is 6.92 Å². The number of nitrogen functional groups attached to an aromatic ring is 1. The van der Waals surface area contributed by atoms with Gasteiger partial charge in [0.25, 0.3) is 0 Å². The van der Waals surface area contributed by atoms with Crippen LogP contribution in [0.2, 0.25) is 0 Å². The average Bonchev–Trinajstić information content (AvgIpc) is 2.95. The van der Waals surface area contributed by atoms with Crippen molar-refractivity contribution in [2.45, 2.75) is 20.3 Å². The first-order valence-corrected chi connectivity index (χ1v) is 8.15. The third-order valence-corrected chi connectivity index (χ3v) is 4.00. The van der Waals surface area contributed by atoms with E-state index in [1.807, 2.05) is 55.5 Å². The molecule has 0 atom stereocenters. The van der Waals surface area contributed by atoms with Crippen LogP contribution in [0.4, 0.5) is 5.69 Å². The van der Waals surface area contributed by atoms with Gasteiger partial charge in [-0.15, -0.1) is 0 Å². The van der Waals surface area contributed by atoms with Crippen molar-refractivity contribution in [1.29, 1.82) is 0 Å². The number of carbonyl (C=O) groups is 1. The second kappa shape index (κ2) is 7.21. The van der Waals surface area contributed by atoms with Crippen LogP contribution in [0, 0.1) is 6.92 Å². The molecule has 0 saturated heterocycles. The van der Waals surface area contributed by atoms with Gasteiger partial charge < -0.3 is 15.0 Å². The number of nitrogens with zero attached hydrogens (tertiary/aromatic N) is 1. The van der Waals surface area contributed by atoms with Crippen LogP contribution in [0.5, 0.6) is 0 Å². The molecule has 1 heterocycles. The zero-order valence-electron chi connectivity index (χ0n) is 14.3. The van der Waals surface area contributed by atoms with Crippen LogP contribution < -0.4 is 5.73 Å². The van der Waals surface area contributed by atoms with Gasteiger partial charge in [0.1, 0.15) is 11.4 Å². The molecule has 0 amide bonds. The maximum atomic E-state index is 11.5. The van der Waals surface area contributed by atoms with Crippen LogP contribution in [-0.2, 0) is 16.0 Å². The summed E-state index contributed by atoms with van der Waals surface area (Å²) in [6, 6.07) is 15.8. The first kappa shape index (κ1) is 16.8. The van der Waals surface area contributed by atoms with Crippen LogP contribution in [0.3, 0.4) is 0 Å². The highest BCUT2D eigenvalue weighted by atomic mass is 16.5. The lowest BCUT2D eigenvalue weighted by atomic mass is 10.0. The molecule has 0 radical (unpaired) electrons. The zero-order valence-corrected chi connectivity index (χ0v) is 14.3. The molecule has 5 nitrogen and oxygen atoms in total. The van der Waals surface area contributed by atoms with Crippen molar-refractivity contribution in [2.75, 3.05) is 12.3 Å². The second-order valence-electron chi connectivity index (χ2n) is 5.77. The lowest BCUT2D eigenvalue weighted by Gasteiger charge is -2.06. The summed E-state index contributed by atoms with van der Waals surface area (Å²) >= 11 is 0. The fraction of sp³-hybridized carbons (Fsp3) is 0.200. The lowest BCUT2D eigenvalue weighted by Crippen LogP contribution is -2.07. The number of aryl methyl sites for hydroxylation is 1. The Morgan fingerprint density at radius 2 is 1.60 bits per heavy atom. The molecule has 0 unspecified atom stereocenters. The predicted octanol–water partition coefficient (Wildman–Crippen LogP) is 4.00. The Kier molecular flexibility index (Phi) is 4.84. The van der Waals surface area contributed by atoms with E-state index in [2.05, 4.69) is 5.16 Å². The van der Waals surface area contributed by atoms with Gasteiger partial charge in [-0.25, -0.2) is 0 Å². The van der Waals surface area contributed by atoms with E-state index < -0.39 is 0 Å².